The lowest BCUT2D eigenvalue weighted by molar-refractivity contribution is -0.135. The van der Waals surface area contributed by atoms with Gasteiger partial charge in [0.05, 0.1) is 12.0 Å². The number of benzene rings is 1. The van der Waals surface area contributed by atoms with E-state index in [1.54, 1.807) is 57.4 Å². The first-order valence-electron chi connectivity index (χ1n) is 11.2. The third-order valence-corrected chi connectivity index (χ3v) is 7.56. The minimum Gasteiger partial charge on any atom is -0.497 e. The van der Waals surface area contributed by atoms with E-state index in [4.69, 9.17) is 9.47 Å². The van der Waals surface area contributed by atoms with Gasteiger partial charge >= 0.3 is 0 Å². The molecule has 2 bridgehead atoms. The monoisotopic (exact) mass is 473 g/mol. The van der Waals surface area contributed by atoms with Crippen molar-refractivity contribution in [3.63, 3.8) is 0 Å². The second-order valence-electron chi connectivity index (χ2n) is 9.35. The van der Waals surface area contributed by atoms with Crippen LogP contribution in [-0.4, -0.2) is 56.4 Å². The number of hydrogen-bond acceptors (Lipinski definition) is 7. The number of carbonyl (C=O) groups excluding carboxylic acids is 1. The number of pyridine rings is 1. The predicted octanol–water partition coefficient (Wildman–Crippen LogP) is 2.97. The van der Waals surface area contributed by atoms with Crippen molar-refractivity contribution in [1.82, 2.24) is 10.3 Å². The Kier molecular flexibility index (Phi) is 6.26. The third kappa shape index (κ3) is 5.08. The van der Waals surface area contributed by atoms with Crippen LogP contribution in [-0.2, 0) is 14.6 Å². The molecule has 33 heavy (non-hydrogen) atoms. The van der Waals surface area contributed by atoms with Gasteiger partial charge in [-0.25, -0.2) is 13.4 Å². The summed E-state index contributed by atoms with van der Waals surface area (Å²) in [6.07, 6.45) is 6.29. The molecule has 2 aromatic rings. The summed E-state index contributed by atoms with van der Waals surface area (Å²) in [7, 11) is -1.67. The van der Waals surface area contributed by atoms with E-state index in [1.165, 1.54) is 12.5 Å². The highest BCUT2D eigenvalue weighted by atomic mass is 32.2. The predicted molar refractivity (Wildman–Crippen MR) is 126 cm³/mol. The van der Waals surface area contributed by atoms with Crippen LogP contribution in [0.5, 0.6) is 11.5 Å². The molecule has 3 atom stereocenters. The number of rotatable bonds is 7. The van der Waals surface area contributed by atoms with Gasteiger partial charge in [0.15, 0.2) is 15.4 Å². The number of fused-ring (bicyclic) bond motifs is 2. The summed E-state index contributed by atoms with van der Waals surface area (Å²) in [5.41, 5.74) is -1.02. The summed E-state index contributed by atoms with van der Waals surface area (Å²) < 4.78 is 34.6. The van der Waals surface area contributed by atoms with E-state index < -0.39 is 15.4 Å². The molecule has 0 unspecified atom stereocenters. The lowest BCUT2D eigenvalue weighted by Gasteiger charge is -2.40. The van der Waals surface area contributed by atoms with Gasteiger partial charge in [-0.2, -0.15) is 0 Å². The summed E-state index contributed by atoms with van der Waals surface area (Å²) >= 11 is 0. The summed E-state index contributed by atoms with van der Waals surface area (Å²) in [6, 6.07) is 11.1. The average molecular weight is 474 g/mol. The molecule has 3 heterocycles. The molecule has 0 aliphatic carbocycles. The van der Waals surface area contributed by atoms with Crippen molar-refractivity contribution in [2.75, 3.05) is 18.3 Å². The van der Waals surface area contributed by atoms with Crippen LogP contribution in [0, 0.1) is 0 Å². The third-order valence-electron chi connectivity index (χ3n) is 6.46. The standard InChI is InChI=1S/C24H31N3O5S/c1-24(2,32-20-9-7-19(31-3)8-10-20)23(28)26-16-13-17-5-6-18(14-16)27(17)22-12-11-21(15-25-22)33(4,29)30/h7-12,15-18H,5-6,13-14H2,1-4H3,(H,26,28)/t16-,17+,18-. The molecular weight excluding hydrogens is 442 g/mol. The zero-order valence-corrected chi connectivity index (χ0v) is 20.3. The minimum atomic E-state index is -3.27. The molecule has 4 rings (SSSR count). The maximum absolute atomic E-state index is 13.0. The van der Waals surface area contributed by atoms with E-state index in [-0.39, 0.29) is 28.9 Å². The van der Waals surface area contributed by atoms with Crippen LogP contribution in [0.1, 0.15) is 39.5 Å². The second kappa shape index (κ2) is 8.85. The molecule has 2 fully saturated rings. The fourth-order valence-corrected chi connectivity index (χ4v) is 5.32. The molecule has 1 N–H and O–H groups in total. The molecule has 1 aromatic heterocycles. The van der Waals surface area contributed by atoms with Gasteiger partial charge in [0.2, 0.25) is 0 Å². The SMILES string of the molecule is COc1ccc(OC(C)(C)C(=O)N[C@H]2C[C@H]3CC[C@@H](C2)N3c2ccc(S(C)(=O)=O)cn2)cc1. The topological polar surface area (TPSA) is 97.8 Å². The van der Waals surface area contributed by atoms with Gasteiger partial charge in [-0.15, -0.1) is 0 Å². The van der Waals surface area contributed by atoms with Crippen molar-refractivity contribution < 1.29 is 22.7 Å². The zero-order chi connectivity index (χ0) is 23.8. The Labute approximate surface area is 195 Å². The van der Waals surface area contributed by atoms with Gasteiger partial charge in [0, 0.05) is 30.6 Å². The van der Waals surface area contributed by atoms with E-state index in [1.807, 2.05) is 0 Å². The fraction of sp³-hybridized carbons (Fsp3) is 0.500. The van der Waals surface area contributed by atoms with Crippen LogP contribution in [0.15, 0.2) is 47.5 Å². The first kappa shape index (κ1) is 23.4. The highest BCUT2D eigenvalue weighted by molar-refractivity contribution is 7.90. The van der Waals surface area contributed by atoms with Crippen LogP contribution in [0.25, 0.3) is 0 Å². The number of methoxy groups -OCH3 is 1. The van der Waals surface area contributed by atoms with Crippen LogP contribution < -0.4 is 19.7 Å². The summed E-state index contributed by atoms with van der Waals surface area (Å²) in [4.78, 5) is 20.0. The van der Waals surface area contributed by atoms with E-state index in [2.05, 4.69) is 15.2 Å². The van der Waals surface area contributed by atoms with Gasteiger partial charge in [0.1, 0.15) is 17.3 Å². The number of piperidine rings is 1. The van der Waals surface area contributed by atoms with E-state index in [0.717, 1.165) is 37.3 Å². The molecule has 9 heteroatoms. The molecule has 1 aromatic carbocycles. The van der Waals surface area contributed by atoms with Crippen molar-refractivity contribution in [2.24, 2.45) is 0 Å². The fourth-order valence-electron chi connectivity index (χ4n) is 4.76. The van der Waals surface area contributed by atoms with Crippen molar-refractivity contribution in [3.8, 4) is 11.5 Å². The van der Waals surface area contributed by atoms with Crippen LogP contribution in [0.2, 0.25) is 0 Å². The number of ether oxygens (including phenoxy) is 2. The molecule has 8 nitrogen and oxygen atoms in total. The normalized spacial score (nSPS) is 22.7. The summed E-state index contributed by atoms with van der Waals surface area (Å²) in [6.45, 7) is 3.53. The largest absolute Gasteiger partial charge is 0.497 e. The smallest absolute Gasteiger partial charge is 0.263 e. The number of sulfone groups is 1. The Hall–Kier alpha value is -2.81. The van der Waals surface area contributed by atoms with Gasteiger partial charge in [-0.1, -0.05) is 0 Å². The molecule has 0 saturated carbocycles. The number of anilines is 1. The molecule has 1 amide bonds. The Morgan fingerprint density at radius 2 is 1.67 bits per heavy atom. The molecule has 2 aliphatic heterocycles. The zero-order valence-electron chi connectivity index (χ0n) is 19.4. The van der Waals surface area contributed by atoms with Crippen LogP contribution in [0.4, 0.5) is 5.82 Å². The lowest BCUT2D eigenvalue weighted by atomic mass is 9.96. The van der Waals surface area contributed by atoms with E-state index in [0.29, 0.717) is 5.75 Å². The van der Waals surface area contributed by atoms with E-state index >= 15 is 0 Å². The number of carbonyl (C=O) groups is 1. The van der Waals surface area contributed by atoms with Crippen LogP contribution in [0.3, 0.4) is 0 Å². The summed E-state index contributed by atoms with van der Waals surface area (Å²) in [5.74, 6) is 1.98. The molecule has 2 saturated heterocycles. The maximum atomic E-state index is 13.0. The Morgan fingerprint density at radius 1 is 1.06 bits per heavy atom. The quantitative estimate of drug-likeness (QED) is 0.660. The highest BCUT2D eigenvalue weighted by Crippen LogP contribution is 2.39. The minimum absolute atomic E-state index is 0.0558. The van der Waals surface area contributed by atoms with Crippen LogP contribution >= 0.6 is 0 Å². The molecule has 2 aliphatic rings. The van der Waals surface area contributed by atoms with Crippen molar-refractivity contribution >= 4 is 21.6 Å². The average Bonchev–Trinajstić information content (AvgIpc) is 3.03. The van der Waals surface area contributed by atoms with Gasteiger partial charge in [-0.05, 0) is 75.9 Å². The molecule has 178 valence electrons. The number of nitrogens with one attached hydrogen (secondary N) is 1. The number of amides is 1. The molecular formula is C24H31N3O5S. The van der Waals surface area contributed by atoms with Crippen molar-refractivity contribution in [1.29, 1.82) is 0 Å². The van der Waals surface area contributed by atoms with Gasteiger partial charge < -0.3 is 19.7 Å². The van der Waals surface area contributed by atoms with Crippen molar-refractivity contribution in [3.05, 3.63) is 42.6 Å². The Bertz CT molecular complexity index is 1090. The van der Waals surface area contributed by atoms with Gasteiger partial charge in [0.25, 0.3) is 5.91 Å². The molecule has 0 spiro atoms. The Morgan fingerprint density at radius 3 is 2.18 bits per heavy atom. The number of nitrogens with zero attached hydrogens (tertiary/aromatic N) is 2. The van der Waals surface area contributed by atoms with Crippen molar-refractivity contribution in [2.45, 2.75) is 68.2 Å². The number of aromatic nitrogens is 1. The maximum Gasteiger partial charge on any atom is 0.263 e. The summed E-state index contributed by atoms with van der Waals surface area (Å²) in [5, 5.41) is 3.19. The number of hydrogen-bond donors (Lipinski definition) is 1. The second-order valence-corrected chi connectivity index (χ2v) is 11.4. The highest BCUT2D eigenvalue weighted by Gasteiger charge is 2.43. The van der Waals surface area contributed by atoms with E-state index in [9.17, 15) is 13.2 Å². The first-order chi connectivity index (χ1) is 15.6. The first-order valence-corrected chi connectivity index (χ1v) is 13.0. The lowest BCUT2D eigenvalue weighted by Crippen LogP contribution is -2.55. The van der Waals surface area contributed by atoms with Gasteiger partial charge in [-0.3, -0.25) is 4.79 Å². The Balaban J connectivity index is 1.38. The molecule has 0 radical (unpaired) electrons.